The van der Waals surface area contributed by atoms with Crippen molar-refractivity contribution in [2.24, 2.45) is 4.99 Å². The molecule has 0 saturated carbocycles. The molecule has 1 aliphatic heterocycles. The number of aliphatic imine (C=N–C) groups is 1. The van der Waals surface area contributed by atoms with Gasteiger partial charge in [0.25, 0.3) is 0 Å². The van der Waals surface area contributed by atoms with Crippen molar-refractivity contribution in [3.8, 4) is 5.75 Å². The Kier molecular flexibility index (Phi) is 4.15. The fourth-order valence-electron chi connectivity index (χ4n) is 2.80. The molecule has 0 saturated heterocycles. The Labute approximate surface area is 135 Å². The monoisotopic (exact) mass is 309 g/mol. The van der Waals surface area contributed by atoms with E-state index >= 15 is 0 Å². The van der Waals surface area contributed by atoms with Crippen molar-refractivity contribution in [2.75, 3.05) is 6.61 Å². The van der Waals surface area contributed by atoms with Crippen LogP contribution in [0.5, 0.6) is 5.75 Å². The maximum absolute atomic E-state index is 12.3. The summed E-state index contributed by atoms with van der Waals surface area (Å²) in [6.07, 6.45) is 0.162. The minimum absolute atomic E-state index is 0.162. The van der Waals surface area contributed by atoms with Crippen LogP contribution in [0.15, 0.2) is 59.6 Å². The number of para-hydroxylation sites is 1. The first-order valence-electron chi connectivity index (χ1n) is 7.70. The van der Waals surface area contributed by atoms with Crippen LogP contribution in [-0.2, 0) is 15.1 Å². The van der Waals surface area contributed by atoms with Crippen LogP contribution in [0.3, 0.4) is 0 Å². The van der Waals surface area contributed by atoms with Gasteiger partial charge in [-0.15, -0.1) is 0 Å². The summed E-state index contributed by atoms with van der Waals surface area (Å²) in [7, 11) is 0. The standard InChI is InChI=1S/C19H19NO3/c1-3-22-18-15-11-7-8-12-16(15)19(2,20-18)13-17(21)23-14-9-5-4-6-10-14/h4-12H,3,13H2,1-2H3. The number of hydrogen-bond acceptors (Lipinski definition) is 4. The highest BCUT2D eigenvalue weighted by molar-refractivity contribution is 5.99. The largest absolute Gasteiger partial charge is 0.478 e. The number of carbonyl (C=O) groups is 1. The fourth-order valence-corrected chi connectivity index (χ4v) is 2.80. The number of benzene rings is 2. The molecule has 0 radical (unpaired) electrons. The molecule has 118 valence electrons. The van der Waals surface area contributed by atoms with Gasteiger partial charge in [0.1, 0.15) is 5.75 Å². The Morgan fingerprint density at radius 2 is 1.78 bits per heavy atom. The molecule has 0 aliphatic carbocycles. The van der Waals surface area contributed by atoms with E-state index < -0.39 is 5.54 Å². The summed E-state index contributed by atoms with van der Waals surface area (Å²) >= 11 is 0. The van der Waals surface area contributed by atoms with Gasteiger partial charge >= 0.3 is 5.97 Å². The third-order valence-electron chi connectivity index (χ3n) is 3.83. The van der Waals surface area contributed by atoms with Crippen LogP contribution in [0.1, 0.15) is 31.4 Å². The average Bonchev–Trinajstić information content (AvgIpc) is 2.81. The van der Waals surface area contributed by atoms with Gasteiger partial charge in [-0.05, 0) is 37.6 Å². The van der Waals surface area contributed by atoms with Crippen molar-refractivity contribution < 1.29 is 14.3 Å². The van der Waals surface area contributed by atoms with Crippen LogP contribution >= 0.6 is 0 Å². The normalized spacial score (nSPS) is 19.0. The maximum Gasteiger partial charge on any atom is 0.314 e. The molecule has 4 heteroatoms. The summed E-state index contributed by atoms with van der Waals surface area (Å²) < 4.78 is 11.0. The number of rotatable bonds is 4. The Balaban J connectivity index is 1.82. The summed E-state index contributed by atoms with van der Waals surface area (Å²) in [5.74, 6) is 0.828. The second-order valence-electron chi connectivity index (χ2n) is 5.63. The van der Waals surface area contributed by atoms with Gasteiger partial charge in [0.2, 0.25) is 5.90 Å². The van der Waals surface area contributed by atoms with Crippen molar-refractivity contribution in [3.05, 3.63) is 65.7 Å². The summed E-state index contributed by atoms with van der Waals surface area (Å²) in [5.41, 5.74) is 1.28. The zero-order valence-electron chi connectivity index (χ0n) is 13.3. The summed E-state index contributed by atoms with van der Waals surface area (Å²) in [4.78, 5) is 17.0. The Bertz CT molecular complexity index is 739. The van der Waals surface area contributed by atoms with E-state index in [4.69, 9.17) is 9.47 Å². The molecule has 2 aromatic rings. The van der Waals surface area contributed by atoms with Crippen LogP contribution in [0.2, 0.25) is 0 Å². The molecule has 2 aromatic carbocycles. The first kappa shape index (κ1) is 15.3. The third-order valence-corrected chi connectivity index (χ3v) is 3.83. The van der Waals surface area contributed by atoms with Gasteiger partial charge in [-0.2, -0.15) is 0 Å². The molecule has 23 heavy (non-hydrogen) atoms. The van der Waals surface area contributed by atoms with Crippen molar-refractivity contribution >= 4 is 11.9 Å². The van der Waals surface area contributed by atoms with E-state index in [2.05, 4.69) is 4.99 Å². The number of nitrogens with zero attached hydrogens (tertiary/aromatic N) is 1. The van der Waals surface area contributed by atoms with E-state index in [1.54, 1.807) is 12.1 Å². The number of esters is 1. The third kappa shape index (κ3) is 3.11. The smallest absolute Gasteiger partial charge is 0.314 e. The van der Waals surface area contributed by atoms with Gasteiger partial charge in [0.15, 0.2) is 0 Å². The summed E-state index contributed by atoms with van der Waals surface area (Å²) in [6.45, 7) is 4.40. The number of ether oxygens (including phenoxy) is 2. The SMILES string of the molecule is CCOC1=NC(C)(CC(=O)Oc2ccccc2)c2ccccc21. The number of carbonyl (C=O) groups excluding carboxylic acids is 1. The topological polar surface area (TPSA) is 47.9 Å². The highest BCUT2D eigenvalue weighted by atomic mass is 16.5. The van der Waals surface area contributed by atoms with Gasteiger partial charge in [-0.1, -0.05) is 36.4 Å². The van der Waals surface area contributed by atoms with Gasteiger partial charge in [0.05, 0.1) is 18.6 Å². The molecule has 1 unspecified atom stereocenters. The molecule has 3 rings (SSSR count). The minimum atomic E-state index is -0.660. The second-order valence-corrected chi connectivity index (χ2v) is 5.63. The van der Waals surface area contributed by atoms with Crippen LogP contribution in [-0.4, -0.2) is 18.5 Å². The molecule has 4 nitrogen and oxygen atoms in total. The summed E-state index contributed by atoms with van der Waals surface area (Å²) in [5, 5.41) is 0. The lowest BCUT2D eigenvalue weighted by molar-refractivity contribution is -0.135. The zero-order valence-corrected chi connectivity index (χ0v) is 13.3. The zero-order chi connectivity index (χ0) is 16.3. The molecule has 1 atom stereocenters. The van der Waals surface area contributed by atoms with E-state index in [-0.39, 0.29) is 12.4 Å². The lowest BCUT2D eigenvalue weighted by atomic mass is 9.89. The van der Waals surface area contributed by atoms with Crippen LogP contribution < -0.4 is 4.74 Å². The van der Waals surface area contributed by atoms with Crippen LogP contribution in [0.4, 0.5) is 0 Å². The predicted molar refractivity (Wildman–Crippen MR) is 88.7 cm³/mol. The molecular weight excluding hydrogens is 290 g/mol. The molecule has 0 bridgehead atoms. The first-order valence-corrected chi connectivity index (χ1v) is 7.70. The molecule has 0 aromatic heterocycles. The van der Waals surface area contributed by atoms with Gasteiger partial charge in [0, 0.05) is 5.56 Å². The molecule has 1 aliphatic rings. The van der Waals surface area contributed by atoms with Gasteiger partial charge < -0.3 is 9.47 Å². The van der Waals surface area contributed by atoms with Gasteiger partial charge in [-0.25, -0.2) is 4.99 Å². The van der Waals surface area contributed by atoms with E-state index in [1.807, 2.05) is 56.3 Å². The van der Waals surface area contributed by atoms with Crippen LogP contribution in [0, 0.1) is 0 Å². The first-order chi connectivity index (χ1) is 11.1. The van der Waals surface area contributed by atoms with Crippen LogP contribution in [0.25, 0.3) is 0 Å². The van der Waals surface area contributed by atoms with Crippen molar-refractivity contribution in [1.82, 2.24) is 0 Å². The van der Waals surface area contributed by atoms with Crippen molar-refractivity contribution in [1.29, 1.82) is 0 Å². The number of fused-ring (bicyclic) bond motifs is 1. The molecule has 0 N–H and O–H groups in total. The van der Waals surface area contributed by atoms with Crippen molar-refractivity contribution in [3.63, 3.8) is 0 Å². The molecular formula is C19H19NO3. The Morgan fingerprint density at radius 3 is 2.52 bits per heavy atom. The van der Waals surface area contributed by atoms with E-state index in [9.17, 15) is 4.79 Å². The predicted octanol–water partition coefficient (Wildman–Crippen LogP) is 3.69. The quantitative estimate of drug-likeness (QED) is 0.639. The molecule has 0 amide bonds. The minimum Gasteiger partial charge on any atom is -0.478 e. The Hall–Kier alpha value is -2.62. The van der Waals surface area contributed by atoms with E-state index in [0.717, 1.165) is 11.1 Å². The lowest BCUT2D eigenvalue weighted by Gasteiger charge is -2.21. The highest BCUT2D eigenvalue weighted by Gasteiger charge is 2.39. The van der Waals surface area contributed by atoms with Crippen molar-refractivity contribution in [2.45, 2.75) is 25.8 Å². The van der Waals surface area contributed by atoms with E-state index in [1.165, 1.54) is 0 Å². The maximum atomic E-state index is 12.3. The molecule has 0 spiro atoms. The second kappa shape index (κ2) is 6.24. The number of hydrogen-bond donors (Lipinski definition) is 0. The molecule has 1 heterocycles. The van der Waals surface area contributed by atoms with E-state index in [0.29, 0.717) is 18.3 Å². The summed E-state index contributed by atoms with van der Waals surface area (Å²) in [6, 6.07) is 16.9. The highest BCUT2D eigenvalue weighted by Crippen LogP contribution is 2.38. The fraction of sp³-hybridized carbons (Fsp3) is 0.263. The lowest BCUT2D eigenvalue weighted by Crippen LogP contribution is -2.24. The average molecular weight is 309 g/mol. The van der Waals surface area contributed by atoms with Gasteiger partial charge in [-0.3, -0.25) is 4.79 Å². The molecule has 0 fully saturated rings. The Morgan fingerprint density at radius 1 is 1.09 bits per heavy atom.